The molecule has 2 aromatic rings. The Labute approximate surface area is 182 Å². The lowest BCUT2D eigenvalue weighted by atomic mass is 9.94. The second-order valence-electron chi connectivity index (χ2n) is 8.38. The number of rotatable bonds is 5. The molecule has 2 aliphatic rings. The van der Waals surface area contributed by atoms with E-state index in [9.17, 15) is 14.4 Å². The zero-order valence-corrected chi connectivity index (χ0v) is 17.8. The molecule has 7 heteroatoms. The Hall–Kier alpha value is -3.22. The molecule has 1 aromatic carbocycles. The second-order valence-corrected chi connectivity index (χ2v) is 8.38. The quantitative estimate of drug-likeness (QED) is 0.805. The van der Waals surface area contributed by atoms with Crippen molar-refractivity contribution in [3.05, 3.63) is 59.9 Å². The highest BCUT2D eigenvalue weighted by molar-refractivity contribution is 6.00. The van der Waals surface area contributed by atoms with Crippen LogP contribution < -0.4 is 10.2 Å². The van der Waals surface area contributed by atoms with Gasteiger partial charge in [-0.15, -0.1) is 0 Å². The number of aromatic nitrogens is 1. The molecular weight excluding hydrogens is 392 g/mol. The SMILES string of the molecule is Cc1ccc(N2CC(C(=O)N3CCC(C(=O)NCc4ccccn4)CC3)CC2=O)cc1. The monoisotopic (exact) mass is 420 g/mol. The van der Waals surface area contributed by atoms with Gasteiger partial charge in [0.25, 0.3) is 0 Å². The van der Waals surface area contributed by atoms with Gasteiger partial charge in [-0.25, -0.2) is 0 Å². The summed E-state index contributed by atoms with van der Waals surface area (Å²) in [4.78, 5) is 45.7. The van der Waals surface area contributed by atoms with Crippen LogP contribution in [0.1, 0.15) is 30.5 Å². The first-order valence-electron chi connectivity index (χ1n) is 10.8. The lowest BCUT2D eigenvalue weighted by molar-refractivity contribution is -0.139. The molecule has 1 N–H and O–H groups in total. The van der Waals surface area contributed by atoms with E-state index < -0.39 is 0 Å². The molecule has 4 rings (SSSR count). The fourth-order valence-electron chi connectivity index (χ4n) is 4.29. The summed E-state index contributed by atoms with van der Waals surface area (Å²) in [5.74, 6) is -0.383. The Bertz CT molecular complexity index is 937. The van der Waals surface area contributed by atoms with Crippen LogP contribution in [0.2, 0.25) is 0 Å². The molecule has 31 heavy (non-hydrogen) atoms. The highest BCUT2D eigenvalue weighted by Gasteiger charge is 2.38. The molecule has 2 aliphatic heterocycles. The lowest BCUT2D eigenvalue weighted by Crippen LogP contribution is -2.45. The molecule has 2 fully saturated rings. The van der Waals surface area contributed by atoms with Gasteiger partial charge in [0.05, 0.1) is 18.2 Å². The maximum atomic E-state index is 13.0. The number of benzene rings is 1. The average molecular weight is 421 g/mol. The number of carbonyl (C=O) groups excluding carboxylic acids is 3. The fourth-order valence-corrected chi connectivity index (χ4v) is 4.29. The lowest BCUT2D eigenvalue weighted by Gasteiger charge is -2.33. The van der Waals surface area contributed by atoms with Gasteiger partial charge >= 0.3 is 0 Å². The molecule has 0 spiro atoms. The topological polar surface area (TPSA) is 82.6 Å². The van der Waals surface area contributed by atoms with Crippen molar-refractivity contribution in [2.75, 3.05) is 24.5 Å². The van der Waals surface area contributed by atoms with Crippen LogP contribution in [-0.4, -0.2) is 47.2 Å². The van der Waals surface area contributed by atoms with Crippen LogP contribution >= 0.6 is 0 Å². The van der Waals surface area contributed by atoms with Gasteiger partial charge in [-0.05, 0) is 44.0 Å². The third kappa shape index (κ3) is 4.93. The molecule has 0 aliphatic carbocycles. The molecule has 0 saturated carbocycles. The highest BCUT2D eigenvalue weighted by atomic mass is 16.2. The zero-order chi connectivity index (χ0) is 21.8. The minimum Gasteiger partial charge on any atom is -0.350 e. The van der Waals surface area contributed by atoms with Gasteiger partial charge in [0, 0.05) is 43.9 Å². The number of carbonyl (C=O) groups is 3. The van der Waals surface area contributed by atoms with Crippen LogP contribution in [0.5, 0.6) is 0 Å². The molecule has 0 radical (unpaired) electrons. The zero-order valence-electron chi connectivity index (χ0n) is 17.8. The number of aryl methyl sites for hydroxylation is 1. The molecule has 1 aromatic heterocycles. The van der Waals surface area contributed by atoms with Crippen molar-refractivity contribution in [2.45, 2.75) is 32.7 Å². The standard InChI is InChI=1S/C24H28N4O3/c1-17-5-7-21(8-6-17)28-16-19(14-22(28)29)24(31)27-12-9-18(10-13-27)23(30)26-15-20-4-2-3-11-25-20/h2-8,11,18-19H,9-10,12-16H2,1H3,(H,26,30). The van der Waals surface area contributed by atoms with Gasteiger partial charge in [0.15, 0.2) is 0 Å². The van der Waals surface area contributed by atoms with Crippen molar-refractivity contribution in [3.63, 3.8) is 0 Å². The summed E-state index contributed by atoms with van der Waals surface area (Å²) >= 11 is 0. The number of hydrogen-bond acceptors (Lipinski definition) is 4. The number of pyridine rings is 1. The smallest absolute Gasteiger partial charge is 0.228 e. The Morgan fingerprint density at radius 2 is 1.81 bits per heavy atom. The summed E-state index contributed by atoms with van der Waals surface area (Å²) in [6, 6.07) is 13.4. The van der Waals surface area contributed by atoms with Gasteiger partial charge in [-0.1, -0.05) is 23.8 Å². The molecule has 0 bridgehead atoms. The van der Waals surface area contributed by atoms with Gasteiger partial charge in [-0.3, -0.25) is 19.4 Å². The molecule has 2 saturated heterocycles. The van der Waals surface area contributed by atoms with E-state index in [1.807, 2.05) is 54.3 Å². The highest BCUT2D eigenvalue weighted by Crippen LogP contribution is 2.28. The van der Waals surface area contributed by atoms with Crippen molar-refractivity contribution >= 4 is 23.4 Å². The molecule has 3 heterocycles. The maximum Gasteiger partial charge on any atom is 0.228 e. The molecule has 1 unspecified atom stereocenters. The Balaban J connectivity index is 1.27. The summed E-state index contributed by atoms with van der Waals surface area (Å²) in [5, 5.41) is 2.95. The summed E-state index contributed by atoms with van der Waals surface area (Å²) in [6.07, 6.45) is 3.24. The van der Waals surface area contributed by atoms with Crippen molar-refractivity contribution in [2.24, 2.45) is 11.8 Å². The number of nitrogens with zero attached hydrogens (tertiary/aromatic N) is 3. The van der Waals surface area contributed by atoms with Gasteiger partial charge in [0.2, 0.25) is 17.7 Å². The largest absolute Gasteiger partial charge is 0.350 e. The number of likely N-dealkylation sites (tertiary alicyclic amines) is 1. The summed E-state index contributed by atoms with van der Waals surface area (Å²) < 4.78 is 0. The van der Waals surface area contributed by atoms with Crippen LogP contribution in [0.4, 0.5) is 5.69 Å². The molecule has 1 atom stereocenters. The minimum atomic E-state index is -0.316. The summed E-state index contributed by atoms with van der Waals surface area (Å²) in [6.45, 7) is 3.94. The van der Waals surface area contributed by atoms with Crippen molar-refractivity contribution in [3.8, 4) is 0 Å². The maximum absolute atomic E-state index is 13.0. The first kappa shape index (κ1) is 21.0. The van der Waals surface area contributed by atoms with Crippen LogP contribution in [0.15, 0.2) is 48.7 Å². The van der Waals surface area contributed by atoms with Crippen molar-refractivity contribution in [1.29, 1.82) is 0 Å². The van der Waals surface area contributed by atoms with Gasteiger partial charge in [-0.2, -0.15) is 0 Å². The van der Waals surface area contributed by atoms with Gasteiger partial charge in [0.1, 0.15) is 0 Å². The second kappa shape index (κ2) is 9.29. The van der Waals surface area contributed by atoms with E-state index in [4.69, 9.17) is 0 Å². The number of piperidine rings is 1. The molecular formula is C24H28N4O3. The van der Waals surface area contributed by atoms with Crippen LogP contribution in [0, 0.1) is 18.8 Å². The fraction of sp³-hybridized carbons (Fsp3) is 0.417. The molecule has 3 amide bonds. The van der Waals surface area contributed by atoms with Crippen LogP contribution in [-0.2, 0) is 20.9 Å². The van der Waals surface area contributed by atoms with Crippen molar-refractivity contribution in [1.82, 2.24) is 15.2 Å². The summed E-state index contributed by atoms with van der Waals surface area (Å²) in [7, 11) is 0. The van der Waals surface area contributed by atoms with Crippen LogP contribution in [0.25, 0.3) is 0 Å². The number of amides is 3. The Morgan fingerprint density at radius 3 is 2.48 bits per heavy atom. The number of nitrogens with one attached hydrogen (secondary N) is 1. The molecule has 7 nitrogen and oxygen atoms in total. The number of hydrogen-bond donors (Lipinski definition) is 1. The van der Waals surface area contributed by atoms with Crippen molar-refractivity contribution < 1.29 is 14.4 Å². The first-order valence-corrected chi connectivity index (χ1v) is 10.8. The van der Waals surface area contributed by atoms with E-state index in [0.717, 1.165) is 16.9 Å². The predicted octanol–water partition coefficient (Wildman–Crippen LogP) is 2.30. The third-order valence-corrected chi connectivity index (χ3v) is 6.17. The normalized spacial score (nSPS) is 19.5. The number of anilines is 1. The Morgan fingerprint density at radius 1 is 1.06 bits per heavy atom. The van der Waals surface area contributed by atoms with E-state index in [-0.39, 0.29) is 36.0 Å². The summed E-state index contributed by atoms with van der Waals surface area (Å²) in [5.41, 5.74) is 2.80. The third-order valence-electron chi connectivity index (χ3n) is 6.17. The molecule has 162 valence electrons. The van der Waals surface area contributed by atoms with E-state index in [1.54, 1.807) is 11.1 Å². The minimum absolute atomic E-state index is 0.00834. The van der Waals surface area contributed by atoms with E-state index in [1.165, 1.54) is 0 Å². The van der Waals surface area contributed by atoms with Crippen LogP contribution in [0.3, 0.4) is 0 Å². The van der Waals surface area contributed by atoms with E-state index in [2.05, 4.69) is 10.3 Å². The predicted molar refractivity (Wildman–Crippen MR) is 117 cm³/mol. The van der Waals surface area contributed by atoms with Gasteiger partial charge < -0.3 is 15.1 Å². The van der Waals surface area contributed by atoms with E-state index >= 15 is 0 Å². The van der Waals surface area contributed by atoms with E-state index in [0.29, 0.717) is 39.0 Å². The average Bonchev–Trinajstić information content (AvgIpc) is 3.20. The Kier molecular flexibility index (Phi) is 6.30. The first-order chi connectivity index (χ1) is 15.0.